The molecule has 0 atom stereocenters. The predicted octanol–water partition coefficient (Wildman–Crippen LogP) is 3.04. The molecule has 0 radical (unpaired) electrons. The summed E-state index contributed by atoms with van der Waals surface area (Å²) >= 11 is 1.57. The van der Waals surface area contributed by atoms with Crippen LogP contribution in [0.25, 0.3) is 10.7 Å². The van der Waals surface area contributed by atoms with E-state index in [0.717, 1.165) is 37.1 Å². The number of rotatable bonds is 7. The molecule has 170 valence electrons. The molecule has 1 aliphatic rings. The van der Waals surface area contributed by atoms with Crippen LogP contribution >= 0.6 is 11.3 Å². The van der Waals surface area contributed by atoms with Crippen LogP contribution in [0.15, 0.2) is 46.3 Å². The predicted molar refractivity (Wildman–Crippen MR) is 124 cm³/mol. The minimum atomic E-state index is -3.37. The SMILES string of the molecule is CN(c1cccc(NC(=O)C2CCN(Cc3nc(-c4cccs4)no3)CC2)c1)S(C)(=O)=O. The Morgan fingerprint density at radius 1 is 1.28 bits per heavy atom. The number of likely N-dealkylation sites (tertiary alicyclic amines) is 1. The smallest absolute Gasteiger partial charge is 0.241 e. The van der Waals surface area contributed by atoms with Gasteiger partial charge in [-0.15, -0.1) is 11.3 Å². The van der Waals surface area contributed by atoms with Gasteiger partial charge in [0.15, 0.2) is 0 Å². The van der Waals surface area contributed by atoms with Crippen molar-refractivity contribution in [2.45, 2.75) is 19.4 Å². The Morgan fingerprint density at radius 2 is 2.06 bits per heavy atom. The van der Waals surface area contributed by atoms with Crippen LogP contribution in [0.4, 0.5) is 11.4 Å². The lowest BCUT2D eigenvalue weighted by molar-refractivity contribution is -0.121. The number of hydrogen-bond donors (Lipinski definition) is 1. The van der Waals surface area contributed by atoms with Gasteiger partial charge in [-0.3, -0.25) is 14.0 Å². The summed E-state index contributed by atoms with van der Waals surface area (Å²) < 4.78 is 30.1. The van der Waals surface area contributed by atoms with E-state index in [1.54, 1.807) is 35.6 Å². The number of carbonyl (C=O) groups is 1. The molecule has 3 heterocycles. The molecule has 2 aromatic heterocycles. The van der Waals surface area contributed by atoms with Gasteiger partial charge in [-0.1, -0.05) is 17.3 Å². The first-order valence-corrected chi connectivity index (χ1v) is 13.0. The molecular formula is C21H25N5O4S2. The Bertz CT molecular complexity index is 1170. The van der Waals surface area contributed by atoms with Gasteiger partial charge < -0.3 is 9.84 Å². The minimum absolute atomic E-state index is 0.0541. The van der Waals surface area contributed by atoms with E-state index < -0.39 is 10.0 Å². The summed E-state index contributed by atoms with van der Waals surface area (Å²) in [5, 5.41) is 8.94. The fraction of sp³-hybridized carbons (Fsp3) is 0.381. The van der Waals surface area contributed by atoms with Gasteiger partial charge in [0.2, 0.25) is 27.6 Å². The van der Waals surface area contributed by atoms with Crippen molar-refractivity contribution >= 4 is 38.6 Å². The molecule has 1 fully saturated rings. The van der Waals surface area contributed by atoms with Crippen LogP contribution in [0.3, 0.4) is 0 Å². The van der Waals surface area contributed by atoms with Crippen LogP contribution in [-0.2, 0) is 21.4 Å². The summed E-state index contributed by atoms with van der Waals surface area (Å²) in [6, 6.07) is 10.7. The Kier molecular flexibility index (Phi) is 6.58. The van der Waals surface area contributed by atoms with Gasteiger partial charge in [-0.05, 0) is 55.6 Å². The molecule has 11 heteroatoms. The van der Waals surface area contributed by atoms with Crippen molar-refractivity contribution in [2.75, 3.05) is 36.0 Å². The second-order valence-corrected chi connectivity index (χ2v) is 10.8. The second kappa shape index (κ2) is 9.39. The number of benzene rings is 1. The molecule has 1 aliphatic heterocycles. The molecule has 0 saturated carbocycles. The third kappa shape index (κ3) is 5.34. The van der Waals surface area contributed by atoms with E-state index in [1.807, 2.05) is 17.5 Å². The van der Waals surface area contributed by atoms with E-state index in [0.29, 0.717) is 29.6 Å². The molecule has 0 aliphatic carbocycles. The topological polar surface area (TPSA) is 109 Å². The maximum absolute atomic E-state index is 12.7. The normalized spacial score (nSPS) is 15.6. The Morgan fingerprint density at radius 3 is 2.75 bits per heavy atom. The number of aromatic nitrogens is 2. The van der Waals surface area contributed by atoms with Crippen LogP contribution in [0.2, 0.25) is 0 Å². The van der Waals surface area contributed by atoms with Crippen LogP contribution in [0, 0.1) is 5.92 Å². The highest BCUT2D eigenvalue weighted by molar-refractivity contribution is 7.92. The summed E-state index contributed by atoms with van der Waals surface area (Å²) in [7, 11) is -1.88. The fourth-order valence-electron chi connectivity index (χ4n) is 3.58. The highest BCUT2D eigenvalue weighted by Gasteiger charge is 2.26. The van der Waals surface area contributed by atoms with E-state index in [1.165, 1.54) is 11.4 Å². The lowest BCUT2D eigenvalue weighted by Crippen LogP contribution is -2.37. The number of anilines is 2. The molecule has 9 nitrogen and oxygen atoms in total. The van der Waals surface area contributed by atoms with Gasteiger partial charge in [-0.25, -0.2) is 8.42 Å². The van der Waals surface area contributed by atoms with E-state index in [2.05, 4.69) is 20.4 Å². The first-order valence-electron chi connectivity index (χ1n) is 10.2. The Labute approximate surface area is 191 Å². The molecular weight excluding hydrogens is 450 g/mol. The number of amides is 1. The van der Waals surface area contributed by atoms with Gasteiger partial charge in [0.25, 0.3) is 0 Å². The highest BCUT2D eigenvalue weighted by Crippen LogP contribution is 2.25. The van der Waals surface area contributed by atoms with Gasteiger partial charge in [-0.2, -0.15) is 4.98 Å². The molecule has 1 saturated heterocycles. The molecule has 1 aromatic carbocycles. The average Bonchev–Trinajstić information content (AvgIpc) is 3.45. The zero-order valence-electron chi connectivity index (χ0n) is 17.9. The number of sulfonamides is 1. The molecule has 1 amide bonds. The number of hydrogen-bond acceptors (Lipinski definition) is 8. The van der Waals surface area contributed by atoms with Gasteiger partial charge in [0.05, 0.1) is 23.4 Å². The van der Waals surface area contributed by atoms with Crippen molar-refractivity contribution in [3.8, 4) is 10.7 Å². The van der Waals surface area contributed by atoms with Crippen LogP contribution < -0.4 is 9.62 Å². The summed E-state index contributed by atoms with van der Waals surface area (Å²) in [6.45, 7) is 2.07. The second-order valence-electron chi connectivity index (χ2n) is 7.81. The van der Waals surface area contributed by atoms with Crippen molar-refractivity contribution in [1.29, 1.82) is 0 Å². The van der Waals surface area contributed by atoms with Crippen LogP contribution in [-0.4, -0.2) is 55.8 Å². The summed E-state index contributed by atoms with van der Waals surface area (Å²) in [5.74, 6) is 1.02. The standard InChI is InChI=1S/C21H25N5O4S2/c1-25(32(2,28)29)17-6-3-5-16(13-17)22-21(27)15-8-10-26(11-9-15)14-19-23-20(24-30-19)18-7-4-12-31-18/h3-7,12-13,15H,8-11,14H2,1-2H3,(H,22,27). The summed E-state index contributed by atoms with van der Waals surface area (Å²) in [6.07, 6.45) is 2.59. The molecule has 0 spiro atoms. The largest absolute Gasteiger partial charge is 0.338 e. The monoisotopic (exact) mass is 475 g/mol. The first-order chi connectivity index (χ1) is 15.3. The molecule has 32 heavy (non-hydrogen) atoms. The van der Waals surface area contributed by atoms with E-state index in [-0.39, 0.29) is 11.8 Å². The van der Waals surface area contributed by atoms with E-state index in [4.69, 9.17) is 4.52 Å². The zero-order chi connectivity index (χ0) is 22.7. The van der Waals surface area contributed by atoms with E-state index in [9.17, 15) is 13.2 Å². The van der Waals surface area contributed by atoms with Crippen molar-refractivity contribution in [1.82, 2.24) is 15.0 Å². The lowest BCUT2D eigenvalue weighted by Gasteiger charge is -2.30. The number of thiophene rings is 1. The Balaban J connectivity index is 1.29. The third-order valence-electron chi connectivity index (χ3n) is 5.50. The van der Waals surface area contributed by atoms with E-state index >= 15 is 0 Å². The van der Waals surface area contributed by atoms with Crippen LogP contribution in [0.1, 0.15) is 18.7 Å². The Hall–Kier alpha value is -2.76. The molecule has 1 N–H and O–H groups in total. The van der Waals surface area contributed by atoms with Gasteiger partial charge in [0, 0.05) is 18.7 Å². The number of piperidine rings is 1. The molecule has 0 unspecified atom stereocenters. The summed E-state index contributed by atoms with van der Waals surface area (Å²) in [5.41, 5.74) is 1.08. The van der Waals surface area contributed by atoms with Gasteiger partial charge >= 0.3 is 0 Å². The fourth-order valence-corrected chi connectivity index (χ4v) is 4.73. The zero-order valence-corrected chi connectivity index (χ0v) is 19.5. The lowest BCUT2D eigenvalue weighted by atomic mass is 9.96. The van der Waals surface area contributed by atoms with Crippen molar-refractivity contribution in [3.63, 3.8) is 0 Å². The quantitative estimate of drug-likeness (QED) is 0.559. The number of nitrogens with one attached hydrogen (secondary N) is 1. The minimum Gasteiger partial charge on any atom is -0.338 e. The maximum Gasteiger partial charge on any atom is 0.241 e. The molecule has 3 aromatic rings. The molecule has 4 rings (SSSR count). The third-order valence-corrected chi connectivity index (χ3v) is 7.57. The maximum atomic E-state index is 12.7. The van der Waals surface area contributed by atoms with Crippen molar-refractivity contribution < 1.29 is 17.7 Å². The molecule has 0 bridgehead atoms. The van der Waals surface area contributed by atoms with Crippen molar-refractivity contribution in [3.05, 3.63) is 47.7 Å². The first kappa shape index (κ1) is 22.4. The number of carbonyl (C=O) groups excluding carboxylic acids is 1. The summed E-state index contributed by atoms with van der Waals surface area (Å²) in [4.78, 5) is 20.4. The van der Waals surface area contributed by atoms with Crippen LogP contribution in [0.5, 0.6) is 0 Å². The van der Waals surface area contributed by atoms with Gasteiger partial charge in [0.1, 0.15) is 0 Å². The average molecular weight is 476 g/mol. The number of nitrogens with zero attached hydrogens (tertiary/aromatic N) is 4. The highest BCUT2D eigenvalue weighted by atomic mass is 32.2. The van der Waals surface area contributed by atoms with Crippen molar-refractivity contribution in [2.24, 2.45) is 5.92 Å².